The van der Waals surface area contributed by atoms with E-state index in [0.29, 0.717) is 6.54 Å². The smallest absolute Gasteiger partial charge is 0.191 e. The Bertz CT molecular complexity index is 520. The van der Waals surface area contributed by atoms with E-state index in [1.165, 1.54) is 25.8 Å². The Labute approximate surface area is 158 Å². The molecule has 0 bridgehead atoms. The summed E-state index contributed by atoms with van der Waals surface area (Å²) < 4.78 is 0. The van der Waals surface area contributed by atoms with E-state index < -0.39 is 0 Å². The molecule has 1 fully saturated rings. The second kappa shape index (κ2) is 11.9. The van der Waals surface area contributed by atoms with Crippen molar-refractivity contribution in [1.29, 1.82) is 0 Å². The van der Waals surface area contributed by atoms with Crippen molar-refractivity contribution in [3.63, 3.8) is 0 Å². The number of aliphatic hydroxyl groups excluding tert-OH is 1. The monoisotopic (exact) mass is 360 g/mol. The summed E-state index contributed by atoms with van der Waals surface area (Å²) in [6.07, 6.45) is 5.17. The molecule has 5 heteroatoms. The van der Waals surface area contributed by atoms with Crippen molar-refractivity contribution in [2.75, 3.05) is 39.3 Å². The molecule has 1 aromatic carbocycles. The maximum Gasteiger partial charge on any atom is 0.191 e. The van der Waals surface area contributed by atoms with Crippen LogP contribution < -0.4 is 10.6 Å². The average molecular weight is 361 g/mol. The summed E-state index contributed by atoms with van der Waals surface area (Å²) in [5.74, 6) is 0.884. The fraction of sp³-hybridized carbons (Fsp3) is 0.667. The van der Waals surface area contributed by atoms with E-state index in [9.17, 15) is 5.11 Å². The predicted octanol–water partition coefficient (Wildman–Crippen LogP) is 2.58. The Kier molecular flexibility index (Phi) is 9.50. The summed E-state index contributed by atoms with van der Waals surface area (Å²) in [4.78, 5) is 7.28. The third-order valence-corrected chi connectivity index (χ3v) is 5.16. The lowest BCUT2D eigenvalue weighted by Gasteiger charge is -2.33. The van der Waals surface area contributed by atoms with Gasteiger partial charge in [-0.3, -0.25) is 4.99 Å². The second-order valence-corrected chi connectivity index (χ2v) is 7.17. The number of hydrogen-bond donors (Lipinski definition) is 3. The molecular weight excluding hydrogens is 324 g/mol. The van der Waals surface area contributed by atoms with Gasteiger partial charge in [0.2, 0.25) is 0 Å². The van der Waals surface area contributed by atoms with Gasteiger partial charge in [0.15, 0.2) is 5.96 Å². The number of aliphatic hydroxyl groups is 1. The van der Waals surface area contributed by atoms with Crippen LogP contribution in [0.25, 0.3) is 0 Å². The molecule has 2 rings (SSSR count). The third-order valence-electron chi connectivity index (χ3n) is 5.16. The van der Waals surface area contributed by atoms with Crippen LogP contribution in [0.2, 0.25) is 0 Å². The predicted molar refractivity (Wildman–Crippen MR) is 110 cm³/mol. The first kappa shape index (κ1) is 20.7. The number of piperidine rings is 1. The quantitative estimate of drug-likeness (QED) is 0.360. The number of guanidine groups is 1. The van der Waals surface area contributed by atoms with Gasteiger partial charge in [0.05, 0.1) is 13.2 Å². The lowest BCUT2D eigenvalue weighted by Crippen LogP contribution is -2.41. The SMILES string of the molecule is CCNC(=NCC(CO)c1ccccc1)NCCCN1CCCCC1C. The molecule has 146 valence electrons. The number of hydrogen-bond acceptors (Lipinski definition) is 3. The van der Waals surface area contributed by atoms with E-state index in [4.69, 9.17) is 0 Å². The summed E-state index contributed by atoms with van der Waals surface area (Å²) >= 11 is 0. The van der Waals surface area contributed by atoms with Crippen LogP contribution in [-0.2, 0) is 0 Å². The molecule has 0 aromatic heterocycles. The van der Waals surface area contributed by atoms with Crippen LogP contribution in [0.15, 0.2) is 35.3 Å². The molecule has 1 aliphatic rings. The molecule has 3 N–H and O–H groups in total. The minimum atomic E-state index is 0.0425. The summed E-state index contributed by atoms with van der Waals surface area (Å²) in [5, 5.41) is 16.4. The number of nitrogens with one attached hydrogen (secondary N) is 2. The normalized spacial score (nSPS) is 20.0. The van der Waals surface area contributed by atoms with E-state index >= 15 is 0 Å². The standard InChI is InChI=1S/C21H36N4O/c1-3-22-21(23-13-9-15-25-14-8-7-10-18(25)2)24-16-20(17-26)19-11-5-4-6-12-19/h4-6,11-12,18,20,26H,3,7-10,13-17H2,1-2H3,(H2,22,23,24). The highest BCUT2D eigenvalue weighted by Crippen LogP contribution is 2.16. The molecule has 1 aliphatic heterocycles. The van der Waals surface area contributed by atoms with Crippen molar-refractivity contribution < 1.29 is 5.11 Å². The van der Waals surface area contributed by atoms with Gasteiger partial charge in [0, 0.05) is 31.6 Å². The van der Waals surface area contributed by atoms with Gasteiger partial charge in [0.1, 0.15) is 0 Å². The Morgan fingerprint density at radius 1 is 1.27 bits per heavy atom. The van der Waals surface area contributed by atoms with Gasteiger partial charge in [-0.05, 0) is 45.2 Å². The second-order valence-electron chi connectivity index (χ2n) is 7.17. The molecule has 1 heterocycles. The number of nitrogens with zero attached hydrogens (tertiary/aromatic N) is 2. The van der Waals surface area contributed by atoms with E-state index in [1.807, 2.05) is 18.2 Å². The Morgan fingerprint density at radius 2 is 2.08 bits per heavy atom. The largest absolute Gasteiger partial charge is 0.396 e. The van der Waals surface area contributed by atoms with Gasteiger partial charge >= 0.3 is 0 Å². The lowest BCUT2D eigenvalue weighted by atomic mass is 10.0. The first-order valence-electron chi connectivity index (χ1n) is 10.2. The van der Waals surface area contributed by atoms with Crippen LogP contribution in [0, 0.1) is 0 Å². The van der Waals surface area contributed by atoms with Crippen molar-refractivity contribution in [1.82, 2.24) is 15.5 Å². The van der Waals surface area contributed by atoms with Crippen molar-refractivity contribution in [3.05, 3.63) is 35.9 Å². The van der Waals surface area contributed by atoms with Gasteiger partial charge < -0.3 is 20.6 Å². The Balaban J connectivity index is 1.78. The van der Waals surface area contributed by atoms with E-state index in [0.717, 1.165) is 43.6 Å². The highest BCUT2D eigenvalue weighted by atomic mass is 16.3. The van der Waals surface area contributed by atoms with Crippen molar-refractivity contribution in [2.45, 2.75) is 51.5 Å². The molecule has 5 nitrogen and oxygen atoms in total. The summed E-state index contributed by atoms with van der Waals surface area (Å²) in [7, 11) is 0. The molecular formula is C21H36N4O. The van der Waals surface area contributed by atoms with Crippen LogP contribution in [0.5, 0.6) is 0 Å². The van der Waals surface area contributed by atoms with E-state index in [2.05, 4.69) is 46.5 Å². The zero-order valence-electron chi connectivity index (χ0n) is 16.5. The molecule has 0 amide bonds. The molecule has 0 radical (unpaired) electrons. The fourth-order valence-electron chi connectivity index (χ4n) is 3.52. The molecule has 2 unspecified atom stereocenters. The molecule has 26 heavy (non-hydrogen) atoms. The molecule has 2 atom stereocenters. The molecule has 0 spiro atoms. The van der Waals surface area contributed by atoms with Gasteiger partial charge in [-0.25, -0.2) is 0 Å². The van der Waals surface area contributed by atoms with Crippen LogP contribution in [0.4, 0.5) is 0 Å². The molecule has 0 saturated carbocycles. The minimum absolute atomic E-state index is 0.0425. The number of rotatable bonds is 9. The Morgan fingerprint density at radius 3 is 2.77 bits per heavy atom. The maximum absolute atomic E-state index is 9.69. The van der Waals surface area contributed by atoms with Crippen LogP contribution in [-0.4, -0.2) is 61.3 Å². The third kappa shape index (κ3) is 6.96. The average Bonchev–Trinajstić information content (AvgIpc) is 2.67. The van der Waals surface area contributed by atoms with Crippen LogP contribution in [0.3, 0.4) is 0 Å². The zero-order valence-corrected chi connectivity index (χ0v) is 16.5. The molecule has 0 aliphatic carbocycles. The highest BCUT2D eigenvalue weighted by molar-refractivity contribution is 5.79. The molecule has 1 saturated heterocycles. The number of likely N-dealkylation sites (tertiary alicyclic amines) is 1. The van der Waals surface area contributed by atoms with Gasteiger partial charge in [-0.2, -0.15) is 0 Å². The topological polar surface area (TPSA) is 59.9 Å². The molecule has 1 aromatic rings. The van der Waals surface area contributed by atoms with Crippen LogP contribution in [0.1, 0.15) is 51.0 Å². The highest BCUT2D eigenvalue weighted by Gasteiger charge is 2.17. The summed E-state index contributed by atoms with van der Waals surface area (Å²) in [6.45, 7) is 9.26. The minimum Gasteiger partial charge on any atom is -0.396 e. The van der Waals surface area contributed by atoms with Gasteiger partial charge in [-0.1, -0.05) is 36.8 Å². The van der Waals surface area contributed by atoms with E-state index in [1.54, 1.807) is 0 Å². The van der Waals surface area contributed by atoms with Gasteiger partial charge in [-0.15, -0.1) is 0 Å². The summed E-state index contributed by atoms with van der Waals surface area (Å²) in [5.41, 5.74) is 1.13. The van der Waals surface area contributed by atoms with Crippen LogP contribution >= 0.6 is 0 Å². The van der Waals surface area contributed by atoms with E-state index in [-0.39, 0.29) is 12.5 Å². The number of benzene rings is 1. The number of aliphatic imine (C=N–C) groups is 1. The first-order chi connectivity index (χ1) is 12.7. The van der Waals surface area contributed by atoms with Crippen molar-refractivity contribution in [2.24, 2.45) is 4.99 Å². The first-order valence-corrected chi connectivity index (χ1v) is 10.2. The maximum atomic E-state index is 9.69. The fourth-order valence-corrected chi connectivity index (χ4v) is 3.52. The van der Waals surface area contributed by atoms with Crippen molar-refractivity contribution in [3.8, 4) is 0 Å². The van der Waals surface area contributed by atoms with Gasteiger partial charge in [0.25, 0.3) is 0 Å². The van der Waals surface area contributed by atoms with Crippen molar-refractivity contribution >= 4 is 5.96 Å². The lowest BCUT2D eigenvalue weighted by molar-refractivity contribution is 0.159. The zero-order chi connectivity index (χ0) is 18.6. The summed E-state index contributed by atoms with van der Waals surface area (Å²) in [6, 6.07) is 10.8. The Hall–Kier alpha value is -1.59.